The molecule has 0 fully saturated rings. The van der Waals surface area contributed by atoms with Gasteiger partial charge in [0.1, 0.15) is 12.5 Å². The van der Waals surface area contributed by atoms with Crippen LogP contribution in [0.2, 0.25) is 0 Å². The van der Waals surface area contributed by atoms with Gasteiger partial charge in [-0.3, -0.25) is 4.57 Å². The molecule has 0 bridgehead atoms. The molecule has 0 N–H and O–H groups in total. The molecule has 0 aliphatic carbocycles. The smallest absolute Gasteiger partial charge is 0.165 e. The molecule has 4 heterocycles. The summed E-state index contributed by atoms with van der Waals surface area (Å²) in [4.78, 5) is 14.5. The average Bonchev–Trinajstić information content (AvgIpc) is 3.92. The van der Waals surface area contributed by atoms with E-state index in [0.717, 1.165) is 61.4 Å². The first kappa shape index (κ1) is 31.5. The van der Waals surface area contributed by atoms with Crippen LogP contribution in [0.25, 0.3) is 39.0 Å². The summed E-state index contributed by atoms with van der Waals surface area (Å²) < 4.78 is 4.29. The van der Waals surface area contributed by atoms with E-state index in [0.29, 0.717) is 6.67 Å². The summed E-state index contributed by atoms with van der Waals surface area (Å²) in [7, 11) is 2.06. The van der Waals surface area contributed by atoms with E-state index in [1.54, 1.807) is 0 Å². The van der Waals surface area contributed by atoms with Crippen molar-refractivity contribution in [2.24, 2.45) is 7.05 Å². The third-order valence-corrected chi connectivity index (χ3v) is 10.4. The van der Waals surface area contributed by atoms with Gasteiger partial charge in [0.25, 0.3) is 0 Å². The molecule has 0 spiro atoms. The summed E-state index contributed by atoms with van der Waals surface area (Å²) >= 11 is 0. The van der Waals surface area contributed by atoms with Gasteiger partial charge in [-0.1, -0.05) is 121 Å². The van der Waals surface area contributed by atoms with Crippen molar-refractivity contribution in [2.45, 2.75) is 0 Å². The zero-order valence-corrected chi connectivity index (χ0v) is 29.8. The molecule has 258 valence electrons. The molecule has 10 rings (SSSR count). The number of pyridine rings is 1. The second-order valence-corrected chi connectivity index (χ2v) is 13.6. The Morgan fingerprint density at radius 3 is 1.76 bits per heavy atom. The van der Waals surface area contributed by atoms with Gasteiger partial charge in [-0.2, -0.15) is 0 Å². The van der Waals surface area contributed by atoms with Crippen LogP contribution >= 0.6 is 0 Å². The Labute approximate surface area is 314 Å². The number of fused-ring (bicyclic) bond motifs is 4. The van der Waals surface area contributed by atoms with Crippen LogP contribution in [-0.4, -0.2) is 25.8 Å². The first-order chi connectivity index (χ1) is 26.7. The number of benzene rings is 6. The van der Waals surface area contributed by atoms with Crippen LogP contribution < -0.4 is 9.80 Å². The predicted octanol–water partition coefficient (Wildman–Crippen LogP) is 11.2. The van der Waals surface area contributed by atoms with Crippen LogP contribution in [0.1, 0.15) is 22.3 Å². The Balaban J connectivity index is 1.22. The molecule has 0 saturated carbocycles. The van der Waals surface area contributed by atoms with Crippen LogP contribution in [0.15, 0.2) is 188 Å². The van der Waals surface area contributed by atoms with Gasteiger partial charge in [-0.15, -0.1) is 0 Å². The number of rotatable bonds is 7. The quantitative estimate of drug-likeness (QED) is 0.156. The van der Waals surface area contributed by atoms with Gasteiger partial charge in [0.2, 0.25) is 0 Å². The minimum absolute atomic E-state index is 0.708. The number of para-hydroxylation sites is 3. The topological polar surface area (TPSA) is 42.1 Å². The highest BCUT2D eigenvalue weighted by atomic mass is 15.4. The van der Waals surface area contributed by atoms with Crippen molar-refractivity contribution in [3.05, 3.63) is 211 Å². The number of imidazole rings is 1. The van der Waals surface area contributed by atoms with E-state index in [9.17, 15) is 0 Å². The van der Waals surface area contributed by atoms with Crippen molar-refractivity contribution in [1.29, 1.82) is 0 Å². The van der Waals surface area contributed by atoms with Gasteiger partial charge in [-0.05, 0) is 88.0 Å². The maximum atomic E-state index is 4.86. The molecule has 0 amide bonds. The molecule has 9 aromatic rings. The third-order valence-electron chi connectivity index (χ3n) is 10.4. The van der Waals surface area contributed by atoms with Crippen molar-refractivity contribution >= 4 is 56.0 Å². The summed E-state index contributed by atoms with van der Waals surface area (Å²) in [5.74, 6) is 0.836. The molecule has 6 heteroatoms. The Bertz CT molecular complexity index is 2760. The highest BCUT2D eigenvalue weighted by Crippen LogP contribution is 2.46. The van der Waals surface area contributed by atoms with Gasteiger partial charge < -0.3 is 14.4 Å². The Hall–Kier alpha value is -7.18. The molecular formula is C48H36N6. The Kier molecular flexibility index (Phi) is 7.65. The molecule has 6 aromatic carbocycles. The number of anilines is 4. The van der Waals surface area contributed by atoms with Crippen LogP contribution in [0.4, 0.5) is 22.7 Å². The third kappa shape index (κ3) is 5.27. The predicted molar refractivity (Wildman–Crippen MR) is 222 cm³/mol. The summed E-state index contributed by atoms with van der Waals surface area (Å²) in [6.45, 7) is 0.708. The minimum Gasteiger partial charge on any atom is -0.332 e. The number of aromatic nitrogens is 4. The molecule has 0 unspecified atom stereocenters. The van der Waals surface area contributed by atoms with E-state index >= 15 is 0 Å². The highest BCUT2D eigenvalue weighted by Gasteiger charge is 2.28. The van der Waals surface area contributed by atoms with E-state index in [1.807, 2.05) is 30.7 Å². The second-order valence-electron chi connectivity index (χ2n) is 13.6. The maximum Gasteiger partial charge on any atom is 0.165 e. The molecule has 0 atom stereocenters. The summed E-state index contributed by atoms with van der Waals surface area (Å²) in [5.41, 5.74) is 14.6. The lowest BCUT2D eigenvalue weighted by Gasteiger charge is -2.24. The summed E-state index contributed by atoms with van der Waals surface area (Å²) in [5, 5.41) is 1.13. The van der Waals surface area contributed by atoms with Crippen molar-refractivity contribution in [2.75, 3.05) is 16.5 Å². The molecule has 3 aromatic heterocycles. The standard InChI is InChI=1S/C48H36N6/c1-51-32-50-48-47(51)40-28-27-37(31-43(40)54(48)44-26-13-14-29-49-44)46(45(34-16-5-2-6-17-34)35-18-7-3-8-19-35)36-20-15-23-39(30-36)53-33-52(38-21-9-4-10-22-38)41-24-11-12-25-42(41)53/h2-32H,33H2,1H3. The zero-order valence-electron chi connectivity index (χ0n) is 29.8. The van der Waals surface area contributed by atoms with E-state index in [2.05, 4.69) is 184 Å². The molecule has 54 heavy (non-hydrogen) atoms. The van der Waals surface area contributed by atoms with Gasteiger partial charge in [0.15, 0.2) is 5.65 Å². The lowest BCUT2D eigenvalue weighted by Crippen LogP contribution is -2.23. The van der Waals surface area contributed by atoms with Crippen molar-refractivity contribution < 1.29 is 0 Å². The number of nitrogens with zero attached hydrogens (tertiary/aromatic N) is 6. The zero-order chi connectivity index (χ0) is 36.0. The molecule has 1 aliphatic rings. The average molecular weight is 697 g/mol. The first-order valence-corrected chi connectivity index (χ1v) is 18.2. The Morgan fingerprint density at radius 2 is 1.07 bits per heavy atom. The van der Waals surface area contributed by atoms with Gasteiger partial charge in [0.05, 0.1) is 28.7 Å². The number of aryl methyl sites for hydroxylation is 1. The van der Waals surface area contributed by atoms with Crippen LogP contribution in [0, 0.1) is 0 Å². The van der Waals surface area contributed by atoms with Crippen molar-refractivity contribution in [1.82, 2.24) is 19.1 Å². The lowest BCUT2D eigenvalue weighted by atomic mass is 9.85. The minimum atomic E-state index is 0.708. The van der Waals surface area contributed by atoms with Crippen LogP contribution in [-0.2, 0) is 7.05 Å². The van der Waals surface area contributed by atoms with E-state index in [4.69, 9.17) is 9.97 Å². The summed E-state index contributed by atoms with van der Waals surface area (Å²) in [6, 6.07) is 62.8. The molecule has 0 radical (unpaired) electrons. The fraction of sp³-hybridized carbons (Fsp3) is 0.0417. The molecule has 0 saturated heterocycles. The van der Waals surface area contributed by atoms with E-state index < -0.39 is 0 Å². The van der Waals surface area contributed by atoms with Crippen LogP contribution in [0.3, 0.4) is 0 Å². The molecule has 6 nitrogen and oxygen atoms in total. The second kappa shape index (κ2) is 13.1. The van der Waals surface area contributed by atoms with E-state index in [-0.39, 0.29) is 0 Å². The largest absolute Gasteiger partial charge is 0.332 e. The van der Waals surface area contributed by atoms with Crippen molar-refractivity contribution in [3.8, 4) is 5.82 Å². The molecule has 1 aliphatic heterocycles. The number of hydrogen-bond donors (Lipinski definition) is 0. The molecular weight excluding hydrogens is 661 g/mol. The van der Waals surface area contributed by atoms with Crippen LogP contribution in [0.5, 0.6) is 0 Å². The van der Waals surface area contributed by atoms with Gasteiger partial charge >= 0.3 is 0 Å². The lowest BCUT2D eigenvalue weighted by molar-refractivity contribution is 0.949. The van der Waals surface area contributed by atoms with Gasteiger partial charge in [0, 0.05) is 30.0 Å². The monoisotopic (exact) mass is 696 g/mol. The summed E-state index contributed by atoms with van der Waals surface area (Å²) in [6.07, 6.45) is 3.72. The Morgan fingerprint density at radius 1 is 0.500 bits per heavy atom. The van der Waals surface area contributed by atoms with Gasteiger partial charge in [-0.25, -0.2) is 9.97 Å². The number of hydrogen-bond acceptors (Lipinski definition) is 4. The highest BCUT2D eigenvalue weighted by molar-refractivity contribution is 6.10. The van der Waals surface area contributed by atoms with Crippen molar-refractivity contribution in [3.63, 3.8) is 0 Å². The first-order valence-electron chi connectivity index (χ1n) is 18.2. The fourth-order valence-electron chi connectivity index (χ4n) is 8.01. The maximum absolute atomic E-state index is 4.86. The van der Waals surface area contributed by atoms with E-state index in [1.165, 1.54) is 22.6 Å². The SMILES string of the molecule is Cn1cnc2c1c1ccc(C(=C(c3ccccc3)c3ccccc3)c3cccc(N4CN(c5ccccc5)c5ccccc54)c3)cc1n2-c1ccccn1. The normalized spacial score (nSPS) is 12.4. The fourth-order valence-corrected chi connectivity index (χ4v) is 8.01.